The SMILES string of the molecule is Cc1cc(NC(=O)C(C)N(C)Cc2ccccc2)sn1. The third-order valence-electron chi connectivity index (χ3n) is 3.19. The number of hydrogen-bond donors (Lipinski definition) is 1. The molecule has 1 N–H and O–H groups in total. The zero-order valence-electron chi connectivity index (χ0n) is 12.0. The van der Waals surface area contributed by atoms with Crippen LogP contribution in [0.25, 0.3) is 0 Å². The van der Waals surface area contributed by atoms with Crippen LogP contribution in [0.1, 0.15) is 18.2 Å². The van der Waals surface area contributed by atoms with Crippen molar-refractivity contribution in [1.82, 2.24) is 9.27 Å². The highest BCUT2D eigenvalue weighted by molar-refractivity contribution is 7.10. The molecule has 1 atom stereocenters. The second-order valence-corrected chi connectivity index (χ2v) is 5.70. The number of nitrogens with one attached hydrogen (secondary N) is 1. The number of aromatic nitrogens is 1. The van der Waals surface area contributed by atoms with E-state index in [1.807, 2.05) is 50.1 Å². The summed E-state index contributed by atoms with van der Waals surface area (Å²) in [6.45, 7) is 4.57. The van der Waals surface area contributed by atoms with Crippen molar-refractivity contribution in [3.05, 3.63) is 47.7 Å². The molecule has 1 aromatic carbocycles. The number of carbonyl (C=O) groups is 1. The molecule has 2 aromatic rings. The molecule has 106 valence electrons. The van der Waals surface area contributed by atoms with Crippen molar-refractivity contribution in [2.75, 3.05) is 12.4 Å². The van der Waals surface area contributed by atoms with Crippen molar-refractivity contribution < 1.29 is 4.79 Å². The normalized spacial score (nSPS) is 12.4. The van der Waals surface area contributed by atoms with Gasteiger partial charge in [-0.2, -0.15) is 4.37 Å². The molecule has 2 rings (SSSR count). The van der Waals surface area contributed by atoms with Crippen molar-refractivity contribution in [1.29, 1.82) is 0 Å². The van der Waals surface area contributed by atoms with E-state index in [4.69, 9.17) is 0 Å². The number of nitrogens with zero attached hydrogens (tertiary/aromatic N) is 2. The van der Waals surface area contributed by atoms with Crippen LogP contribution in [0.5, 0.6) is 0 Å². The van der Waals surface area contributed by atoms with E-state index in [-0.39, 0.29) is 11.9 Å². The number of likely N-dealkylation sites (N-methyl/N-ethyl adjacent to an activating group) is 1. The molecule has 1 aromatic heterocycles. The van der Waals surface area contributed by atoms with Crippen LogP contribution in [0.15, 0.2) is 36.4 Å². The molecule has 0 aliphatic rings. The van der Waals surface area contributed by atoms with Crippen LogP contribution in [0.2, 0.25) is 0 Å². The molecule has 0 aliphatic carbocycles. The molecule has 1 amide bonds. The standard InChI is InChI=1S/C15H19N3OS/c1-11-9-14(20-17-11)16-15(19)12(2)18(3)10-13-7-5-4-6-8-13/h4-9,12H,10H2,1-3H3,(H,16,19). The average molecular weight is 289 g/mol. The lowest BCUT2D eigenvalue weighted by atomic mass is 10.2. The number of benzene rings is 1. The van der Waals surface area contributed by atoms with Gasteiger partial charge in [0.25, 0.3) is 0 Å². The zero-order valence-corrected chi connectivity index (χ0v) is 12.8. The van der Waals surface area contributed by atoms with Gasteiger partial charge in [0, 0.05) is 6.54 Å². The van der Waals surface area contributed by atoms with E-state index in [1.165, 1.54) is 17.1 Å². The Labute approximate surface area is 123 Å². The molecule has 0 saturated heterocycles. The van der Waals surface area contributed by atoms with Gasteiger partial charge in [-0.25, -0.2) is 0 Å². The number of hydrogen-bond acceptors (Lipinski definition) is 4. The van der Waals surface area contributed by atoms with E-state index in [9.17, 15) is 4.79 Å². The van der Waals surface area contributed by atoms with Crippen LogP contribution >= 0.6 is 11.5 Å². The fourth-order valence-electron chi connectivity index (χ4n) is 1.86. The molecule has 0 saturated carbocycles. The molecule has 4 nitrogen and oxygen atoms in total. The first-order chi connectivity index (χ1) is 9.56. The topological polar surface area (TPSA) is 45.2 Å². The highest BCUT2D eigenvalue weighted by Crippen LogP contribution is 2.16. The summed E-state index contributed by atoms with van der Waals surface area (Å²) in [5.41, 5.74) is 2.12. The van der Waals surface area contributed by atoms with Crippen molar-refractivity contribution in [3.63, 3.8) is 0 Å². The fourth-order valence-corrected chi connectivity index (χ4v) is 2.52. The smallest absolute Gasteiger partial charge is 0.242 e. The summed E-state index contributed by atoms with van der Waals surface area (Å²) >= 11 is 1.31. The summed E-state index contributed by atoms with van der Waals surface area (Å²) < 4.78 is 4.15. The van der Waals surface area contributed by atoms with Crippen LogP contribution in [0.4, 0.5) is 5.00 Å². The molecule has 0 fully saturated rings. The first-order valence-electron chi connectivity index (χ1n) is 6.54. The summed E-state index contributed by atoms with van der Waals surface area (Å²) in [5, 5.41) is 3.70. The Morgan fingerprint density at radius 1 is 1.40 bits per heavy atom. The Balaban J connectivity index is 1.92. The number of amides is 1. The summed E-state index contributed by atoms with van der Waals surface area (Å²) in [6, 6.07) is 11.8. The van der Waals surface area contributed by atoms with Gasteiger partial charge in [-0.1, -0.05) is 30.3 Å². The predicted molar refractivity (Wildman–Crippen MR) is 82.9 cm³/mol. The van der Waals surface area contributed by atoms with Crippen LogP contribution in [-0.2, 0) is 11.3 Å². The Morgan fingerprint density at radius 3 is 2.70 bits per heavy atom. The van der Waals surface area contributed by atoms with E-state index >= 15 is 0 Å². The zero-order chi connectivity index (χ0) is 14.5. The van der Waals surface area contributed by atoms with E-state index in [0.717, 1.165) is 17.2 Å². The van der Waals surface area contributed by atoms with Gasteiger partial charge >= 0.3 is 0 Å². The lowest BCUT2D eigenvalue weighted by Crippen LogP contribution is -2.39. The maximum absolute atomic E-state index is 12.2. The van der Waals surface area contributed by atoms with Crippen molar-refractivity contribution in [2.45, 2.75) is 26.4 Å². The average Bonchev–Trinajstić information content (AvgIpc) is 2.84. The predicted octanol–water partition coefficient (Wildman–Crippen LogP) is 2.91. The Bertz CT molecular complexity index is 568. The molecule has 1 heterocycles. The van der Waals surface area contributed by atoms with E-state index in [1.54, 1.807) is 0 Å². The van der Waals surface area contributed by atoms with Crippen LogP contribution in [-0.4, -0.2) is 28.3 Å². The minimum absolute atomic E-state index is 0.00733. The van der Waals surface area contributed by atoms with Gasteiger partial charge in [-0.3, -0.25) is 9.69 Å². The van der Waals surface area contributed by atoms with E-state index < -0.39 is 0 Å². The number of aryl methyl sites for hydroxylation is 1. The van der Waals surface area contributed by atoms with Gasteiger partial charge in [-0.05, 0) is 44.1 Å². The second-order valence-electron chi connectivity index (χ2n) is 4.90. The molecule has 0 radical (unpaired) electrons. The molecular weight excluding hydrogens is 270 g/mol. The van der Waals surface area contributed by atoms with Gasteiger partial charge in [0.15, 0.2) is 0 Å². The van der Waals surface area contributed by atoms with Crippen molar-refractivity contribution in [2.24, 2.45) is 0 Å². The van der Waals surface area contributed by atoms with Gasteiger partial charge in [-0.15, -0.1) is 0 Å². The van der Waals surface area contributed by atoms with Gasteiger partial charge in [0.05, 0.1) is 11.7 Å². The highest BCUT2D eigenvalue weighted by Gasteiger charge is 2.18. The summed E-state index contributed by atoms with van der Waals surface area (Å²) in [7, 11) is 1.95. The molecule has 1 unspecified atom stereocenters. The molecular formula is C15H19N3OS. The van der Waals surface area contributed by atoms with Crippen LogP contribution < -0.4 is 5.32 Å². The third-order valence-corrected chi connectivity index (χ3v) is 3.99. The largest absolute Gasteiger partial charge is 0.315 e. The van der Waals surface area contributed by atoms with Gasteiger partial charge in [0.1, 0.15) is 5.00 Å². The minimum atomic E-state index is -0.197. The van der Waals surface area contributed by atoms with Crippen molar-refractivity contribution >= 4 is 22.4 Å². The van der Waals surface area contributed by atoms with Crippen molar-refractivity contribution in [3.8, 4) is 0 Å². The maximum atomic E-state index is 12.2. The van der Waals surface area contributed by atoms with Gasteiger partial charge in [0.2, 0.25) is 5.91 Å². The quantitative estimate of drug-likeness (QED) is 0.920. The lowest BCUT2D eigenvalue weighted by molar-refractivity contribution is -0.120. The Morgan fingerprint density at radius 2 is 2.10 bits per heavy atom. The number of anilines is 1. The monoisotopic (exact) mass is 289 g/mol. The first-order valence-corrected chi connectivity index (χ1v) is 7.32. The van der Waals surface area contributed by atoms with Crippen LogP contribution in [0.3, 0.4) is 0 Å². The molecule has 5 heteroatoms. The molecule has 0 spiro atoms. The summed E-state index contributed by atoms with van der Waals surface area (Å²) in [4.78, 5) is 14.2. The molecule has 20 heavy (non-hydrogen) atoms. The maximum Gasteiger partial charge on any atom is 0.242 e. The lowest BCUT2D eigenvalue weighted by Gasteiger charge is -2.23. The Kier molecular flexibility index (Phi) is 4.87. The number of carbonyl (C=O) groups excluding carboxylic acids is 1. The first kappa shape index (κ1) is 14.7. The fraction of sp³-hybridized carbons (Fsp3) is 0.333. The molecule has 0 bridgehead atoms. The van der Waals surface area contributed by atoms with E-state index in [0.29, 0.717) is 0 Å². The summed E-state index contributed by atoms with van der Waals surface area (Å²) in [6.07, 6.45) is 0. The Hall–Kier alpha value is -1.72. The van der Waals surface area contributed by atoms with Crippen LogP contribution in [0, 0.1) is 6.92 Å². The van der Waals surface area contributed by atoms with Gasteiger partial charge < -0.3 is 5.32 Å². The summed E-state index contributed by atoms with van der Waals surface area (Å²) in [5.74, 6) is -0.00733. The highest BCUT2D eigenvalue weighted by atomic mass is 32.1. The number of rotatable bonds is 5. The van der Waals surface area contributed by atoms with E-state index in [2.05, 4.69) is 21.8 Å². The third kappa shape index (κ3) is 3.88. The minimum Gasteiger partial charge on any atom is -0.315 e. The second kappa shape index (κ2) is 6.63. The molecule has 0 aliphatic heterocycles.